The van der Waals surface area contributed by atoms with Crippen LogP contribution in [0.2, 0.25) is 0 Å². The number of aromatic hydroxyl groups is 1. The number of hydrogen-bond acceptors (Lipinski definition) is 3. The minimum atomic E-state index is -0.134. The SMILES string of the molecule is Cc1c2c(=O)n(C)[nH]c2cc(=O)n1CCc1ccc(O)cc1. The van der Waals surface area contributed by atoms with Crippen LogP contribution < -0.4 is 11.1 Å². The molecule has 2 aromatic heterocycles. The molecule has 114 valence electrons. The minimum Gasteiger partial charge on any atom is -0.508 e. The van der Waals surface area contributed by atoms with Crippen LogP contribution in [0.1, 0.15) is 11.3 Å². The largest absolute Gasteiger partial charge is 0.508 e. The van der Waals surface area contributed by atoms with Crippen LogP contribution in [0, 0.1) is 6.92 Å². The maximum Gasteiger partial charge on any atom is 0.275 e. The molecule has 0 atom stereocenters. The molecule has 0 aliphatic carbocycles. The highest BCUT2D eigenvalue weighted by atomic mass is 16.3. The number of phenolic OH excluding ortho intramolecular Hbond substituents is 1. The van der Waals surface area contributed by atoms with E-state index in [0.29, 0.717) is 29.6 Å². The van der Waals surface area contributed by atoms with Gasteiger partial charge in [-0.25, -0.2) is 0 Å². The number of rotatable bonds is 3. The van der Waals surface area contributed by atoms with Crippen LogP contribution in [0.15, 0.2) is 39.9 Å². The van der Waals surface area contributed by atoms with Crippen LogP contribution in [-0.4, -0.2) is 19.5 Å². The van der Waals surface area contributed by atoms with Gasteiger partial charge >= 0.3 is 0 Å². The molecule has 0 fully saturated rings. The second kappa shape index (κ2) is 5.22. The lowest BCUT2D eigenvalue weighted by Gasteiger charge is -2.10. The lowest BCUT2D eigenvalue weighted by atomic mass is 10.1. The fraction of sp³-hybridized carbons (Fsp3) is 0.250. The molecular weight excluding hydrogens is 282 g/mol. The molecular formula is C16H17N3O3. The maximum atomic E-state index is 12.2. The summed E-state index contributed by atoms with van der Waals surface area (Å²) in [7, 11) is 1.63. The molecule has 3 rings (SSSR count). The van der Waals surface area contributed by atoms with Crippen LogP contribution in [-0.2, 0) is 20.0 Å². The lowest BCUT2D eigenvalue weighted by Crippen LogP contribution is -2.24. The quantitative estimate of drug-likeness (QED) is 0.764. The fourth-order valence-electron chi connectivity index (χ4n) is 2.71. The number of aryl methyl sites for hydroxylation is 3. The highest BCUT2D eigenvalue weighted by Crippen LogP contribution is 2.13. The lowest BCUT2D eigenvalue weighted by molar-refractivity contribution is 0.475. The monoisotopic (exact) mass is 299 g/mol. The van der Waals surface area contributed by atoms with Gasteiger partial charge in [0.1, 0.15) is 5.75 Å². The molecule has 6 heteroatoms. The van der Waals surface area contributed by atoms with Gasteiger partial charge in [-0.05, 0) is 31.0 Å². The number of fused-ring (bicyclic) bond motifs is 1. The molecule has 0 bridgehead atoms. The van der Waals surface area contributed by atoms with Crippen molar-refractivity contribution in [2.45, 2.75) is 19.9 Å². The second-order valence-corrected chi connectivity index (χ2v) is 5.40. The van der Waals surface area contributed by atoms with E-state index in [1.807, 2.05) is 12.1 Å². The summed E-state index contributed by atoms with van der Waals surface area (Å²) >= 11 is 0. The van der Waals surface area contributed by atoms with Gasteiger partial charge in [0.15, 0.2) is 0 Å². The molecule has 0 radical (unpaired) electrons. The van der Waals surface area contributed by atoms with Gasteiger partial charge in [-0.15, -0.1) is 0 Å². The van der Waals surface area contributed by atoms with E-state index in [4.69, 9.17) is 0 Å². The summed E-state index contributed by atoms with van der Waals surface area (Å²) in [5.41, 5.74) is 1.99. The number of hydrogen-bond donors (Lipinski definition) is 2. The molecule has 0 spiro atoms. The molecule has 0 aliphatic rings. The van der Waals surface area contributed by atoms with E-state index in [1.54, 1.807) is 30.7 Å². The molecule has 0 amide bonds. The summed E-state index contributed by atoms with van der Waals surface area (Å²) in [5, 5.41) is 12.7. The summed E-state index contributed by atoms with van der Waals surface area (Å²) in [5.74, 6) is 0.217. The number of aromatic nitrogens is 3. The smallest absolute Gasteiger partial charge is 0.275 e. The number of H-pyrrole nitrogens is 1. The van der Waals surface area contributed by atoms with E-state index in [9.17, 15) is 14.7 Å². The Morgan fingerprint density at radius 1 is 1.18 bits per heavy atom. The Labute approximate surface area is 126 Å². The Hall–Kier alpha value is -2.76. The number of aromatic amines is 1. The Morgan fingerprint density at radius 2 is 1.86 bits per heavy atom. The van der Waals surface area contributed by atoms with E-state index < -0.39 is 0 Å². The standard InChI is InChI=1S/C16H17N3O3/c1-10-15-13(17-18(2)16(15)22)9-14(21)19(10)8-7-11-3-5-12(20)6-4-11/h3-6,9,17,20H,7-8H2,1-2H3. The van der Waals surface area contributed by atoms with E-state index in [-0.39, 0.29) is 16.9 Å². The Morgan fingerprint density at radius 3 is 2.55 bits per heavy atom. The molecule has 2 heterocycles. The van der Waals surface area contributed by atoms with Crippen LogP contribution in [0.5, 0.6) is 5.75 Å². The third-order valence-electron chi connectivity index (χ3n) is 3.94. The predicted octanol–water partition coefficient (Wildman–Crippen LogP) is 1.29. The number of nitrogens with one attached hydrogen (secondary N) is 1. The van der Waals surface area contributed by atoms with Crippen molar-refractivity contribution in [1.82, 2.24) is 14.3 Å². The third-order valence-corrected chi connectivity index (χ3v) is 3.94. The normalized spacial score (nSPS) is 11.2. The third kappa shape index (κ3) is 2.32. The maximum absolute atomic E-state index is 12.2. The topological polar surface area (TPSA) is 80.0 Å². The zero-order valence-corrected chi connectivity index (χ0v) is 12.5. The van der Waals surface area contributed by atoms with Crippen molar-refractivity contribution in [1.29, 1.82) is 0 Å². The van der Waals surface area contributed by atoms with Gasteiger partial charge in [0.05, 0.1) is 10.9 Å². The zero-order chi connectivity index (χ0) is 15.9. The number of benzene rings is 1. The summed E-state index contributed by atoms with van der Waals surface area (Å²) < 4.78 is 2.99. The minimum absolute atomic E-state index is 0.133. The first kappa shape index (κ1) is 14.2. The van der Waals surface area contributed by atoms with Gasteiger partial charge in [0.2, 0.25) is 0 Å². The van der Waals surface area contributed by atoms with Crippen molar-refractivity contribution < 1.29 is 5.11 Å². The molecule has 0 saturated carbocycles. The van der Waals surface area contributed by atoms with Gasteiger partial charge in [0.25, 0.3) is 11.1 Å². The van der Waals surface area contributed by atoms with Crippen molar-refractivity contribution >= 4 is 10.9 Å². The van der Waals surface area contributed by atoms with Gasteiger partial charge in [-0.1, -0.05) is 12.1 Å². The summed E-state index contributed by atoms with van der Waals surface area (Å²) in [6.45, 7) is 2.27. The average Bonchev–Trinajstić information content (AvgIpc) is 2.75. The molecule has 0 aliphatic heterocycles. The number of phenols is 1. The number of nitrogens with zero attached hydrogens (tertiary/aromatic N) is 2. The second-order valence-electron chi connectivity index (χ2n) is 5.40. The van der Waals surface area contributed by atoms with Crippen LogP contribution in [0.3, 0.4) is 0 Å². The molecule has 2 N–H and O–H groups in total. The van der Waals surface area contributed by atoms with Gasteiger partial charge in [-0.3, -0.25) is 19.4 Å². The van der Waals surface area contributed by atoms with Crippen molar-refractivity contribution in [2.75, 3.05) is 0 Å². The van der Waals surface area contributed by atoms with E-state index in [0.717, 1.165) is 5.56 Å². The molecule has 6 nitrogen and oxygen atoms in total. The van der Waals surface area contributed by atoms with E-state index in [1.165, 1.54) is 10.7 Å². The Bertz CT molecular complexity index is 946. The first-order valence-electron chi connectivity index (χ1n) is 7.04. The van der Waals surface area contributed by atoms with Crippen LogP contribution in [0.4, 0.5) is 0 Å². The highest BCUT2D eigenvalue weighted by Gasteiger charge is 2.12. The molecule has 3 aromatic rings. The number of pyridine rings is 1. The first-order chi connectivity index (χ1) is 10.5. The average molecular weight is 299 g/mol. The van der Waals surface area contributed by atoms with Gasteiger partial charge < -0.3 is 9.67 Å². The van der Waals surface area contributed by atoms with Crippen molar-refractivity contribution in [3.8, 4) is 5.75 Å². The zero-order valence-electron chi connectivity index (χ0n) is 12.5. The van der Waals surface area contributed by atoms with Crippen LogP contribution >= 0.6 is 0 Å². The summed E-state index contributed by atoms with van der Waals surface area (Å²) in [6, 6.07) is 8.35. The first-order valence-corrected chi connectivity index (χ1v) is 7.04. The molecule has 1 aromatic carbocycles. The molecule has 0 saturated heterocycles. The highest BCUT2D eigenvalue weighted by molar-refractivity contribution is 5.79. The summed E-state index contributed by atoms with van der Waals surface area (Å²) in [6.07, 6.45) is 0.650. The Kier molecular flexibility index (Phi) is 3.36. The molecule has 0 unspecified atom stereocenters. The van der Waals surface area contributed by atoms with Crippen molar-refractivity contribution in [2.24, 2.45) is 7.05 Å². The fourth-order valence-corrected chi connectivity index (χ4v) is 2.71. The summed E-state index contributed by atoms with van der Waals surface area (Å²) in [4.78, 5) is 24.4. The van der Waals surface area contributed by atoms with E-state index >= 15 is 0 Å². The van der Waals surface area contributed by atoms with Crippen molar-refractivity contribution in [3.05, 3.63) is 62.3 Å². The van der Waals surface area contributed by atoms with Crippen LogP contribution in [0.25, 0.3) is 10.9 Å². The van der Waals surface area contributed by atoms with Gasteiger partial charge in [-0.2, -0.15) is 0 Å². The van der Waals surface area contributed by atoms with Gasteiger partial charge in [0, 0.05) is 25.4 Å². The predicted molar refractivity (Wildman–Crippen MR) is 84.3 cm³/mol. The van der Waals surface area contributed by atoms with E-state index in [2.05, 4.69) is 5.10 Å². The molecule has 22 heavy (non-hydrogen) atoms. The Balaban J connectivity index is 2.00. The van der Waals surface area contributed by atoms with Crippen molar-refractivity contribution in [3.63, 3.8) is 0 Å².